The summed E-state index contributed by atoms with van der Waals surface area (Å²) in [5.41, 5.74) is 2.85. The van der Waals surface area contributed by atoms with Gasteiger partial charge in [0.25, 0.3) is 0 Å². The smallest absolute Gasteiger partial charge is 0.311 e. The summed E-state index contributed by atoms with van der Waals surface area (Å²) in [4.78, 5) is 12.0. The Morgan fingerprint density at radius 1 is 1.04 bits per heavy atom. The Morgan fingerprint density at radius 2 is 1.70 bits per heavy atom. The third-order valence-electron chi connectivity index (χ3n) is 3.77. The molecule has 0 N–H and O–H groups in total. The normalized spacial score (nSPS) is 16.4. The lowest BCUT2D eigenvalue weighted by Crippen LogP contribution is -2.22. The predicted octanol–water partition coefficient (Wildman–Crippen LogP) is 3.67. The lowest BCUT2D eigenvalue weighted by molar-refractivity contribution is -0.148. The number of esters is 1. The number of benzene rings is 2. The van der Waals surface area contributed by atoms with E-state index in [1.54, 1.807) is 0 Å². The summed E-state index contributed by atoms with van der Waals surface area (Å²) in [5, 5.41) is 0. The summed E-state index contributed by atoms with van der Waals surface area (Å²) in [5.74, 6) is 1.14. The highest BCUT2D eigenvalue weighted by atomic mass is 16.5. The van der Waals surface area contributed by atoms with Crippen LogP contribution >= 0.6 is 0 Å². The Labute approximate surface area is 136 Å². The van der Waals surface area contributed by atoms with Gasteiger partial charge in [-0.3, -0.25) is 4.79 Å². The van der Waals surface area contributed by atoms with E-state index < -0.39 is 6.10 Å². The maximum atomic E-state index is 12.0. The topological polar surface area (TPSA) is 44.8 Å². The van der Waals surface area contributed by atoms with E-state index >= 15 is 0 Å². The van der Waals surface area contributed by atoms with Crippen LogP contribution in [0.2, 0.25) is 0 Å². The minimum atomic E-state index is -0.401. The van der Waals surface area contributed by atoms with Crippen molar-refractivity contribution in [2.24, 2.45) is 0 Å². The molecule has 0 fully saturated rings. The fourth-order valence-corrected chi connectivity index (χ4v) is 2.82. The average molecular weight is 312 g/mol. The molecule has 0 saturated heterocycles. The van der Waals surface area contributed by atoms with Gasteiger partial charge in [0.1, 0.15) is 0 Å². The Morgan fingerprint density at radius 3 is 2.35 bits per heavy atom. The van der Waals surface area contributed by atoms with E-state index in [4.69, 9.17) is 14.2 Å². The van der Waals surface area contributed by atoms with Crippen LogP contribution in [0.25, 0.3) is 0 Å². The molecule has 1 atom stereocenters. The van der Waals surface area contributed by atoms with Crippen LogP contribution in [0, 0.1) is 0 Å². The van der Waals surface area contributed by atoms with Crippen LogP contribution in [0.5, 0.6) is 11.5 Å². The minimum Gasteiger partial charge on any atom is -0.490 e. The van der Waals surface area contributed by atoms with E-state index in [1.165, 1.54) is 0 Å². The molecule has 0 saturated carbocycles. The van der Waals surface area contributed by atoms with Crippen molar-refractivity contribution in [1.82, 2.24) is 0 Å². The Kier molecular flexibility index (Phi) is 4.51. The number of ether oxygens (including phenoxy) is 3. The zero-order valence-corrected chi connectivity index (χ0v) is 13.4. The largest absolute Gasteiger partial charge is 0.490 e. The second-order valence-corrected chi connectivity index (χ2v) is 5.32. The molecule has 1 aliphatic rings. The Hall–Kier alpha value is -2.49. The SMILES string of the molecule is CCOc1cc2c(cc1OCC)[C@H](c1ccccc1)OC(=O)C2. The van der Waals surface area contributed by atoms with E-state index in [1.807, 2.05) is 56.3 Å². The van der Waals surface area contributed by atoms with Crippen molar-refractivity contribution in [2.75, 3.05) is 13.2 Å². The van der Waals surface area contributed by atoms with Gasteiger partial charge >= 0.3 is 5.97 Å². The second kappa shape index (κ2) is 6.73. The first kappa shape index (κ1) is 15.4. The van der Waals surface area contributed by atoms with Gasteiger partial charge in [0.05, 0.1) is 19.6 Å². The highest BCUT2D eigenvalue weighted by Crippen LogP contribution is 2.40. The van der Waals surface area contributed by atoms with Crippen LogP contribution in [0.1, 0.15) is 36.6 Å². The van der Waals surface area contributed by atoms with E-state index in [2.05, 4.69) is 0 Å². The summed E-state index contributed by atoms with van der Waals surface area (Å²) >= 11 is 0. The number of fused-ring (bicyclic) bond motifs is 1. The van der Waals surface area contributed by atoms with Crippen molar-refractivity contribution in [3.8, 4) is 11.5 Å². The van der Waals surface area contributed by atoms with Gasteiger partial charge in [-0.2, -0.15) is 0 Å². The zero-order valence-electron chi connectivity index (χ0n) is 13.4. The molecular formula is C19H20O4. The number of hydrogen-bond donors (Lipinski definition) is 0. The lowest BCUT2D eigenvalue weighted by Gasteiger charge is -2.27. The van der Waals surface area contributed by atoms with Crippen LogP contribution in [0.3, 0.4) is 0 Å². The summed E-state index contributed by atoms with van der Waals surface area (Å²) in [6.45, 7) is 4.96. The van der Waals surface area contributed by atoms with Crippen molar-refractivity contribution in [3.63, 3.8) is 0 Å². The van der Waals surface area contributed by atoms with Crippen LogP contribution in [0.4, 0.5) is 0 Å². The van der Waals surface area contributed by atoms with Gasteiger partial charge in [0.2, 0.25) is 0 Å². The average Bonchev–Trinajstić information content (AvgIpc) is 2.56. The summed E-state index contributed by atoms with van der Waals surface area (Å²) in [6, 6.07) is 13.6. The quantitative estimate of drug-likeness (QED) is 0.790. The molecule has 0 spiro atoms. The predicted molar refractivity (Wildman–Crippen MR) is 86.9 cm³/mol. The molecule has 1 heterocycles. The van der Waals surface area contributed by atoms with Gasteiger partial charge in [-0.05, 0) is 37.1 Å². The van der Waals surface area contributed by atoms with Gasteiger partial charge in [-0.25, -0.2) is 0 Å². The van der Waals surface area contributed by atoms with Gasteiger partial charge in [0, 0.05) is 5.56 Å². The van der Waals surface area contributed by atoms with Crippen LogP contribution < -0.4 is 9.47 Å². The number of carbonyl (C=O) groups excluding carboxylic acids is 1. The van der Waals surface area contributed by atoms with E-state index in [-0.39, 0.29) is 12.4 Å². The molecule has 4 nitrogen and oxygen atoms in total. The van der Waals surface area contributed by atoms with E-state index in [0.717, 1.165) is 16.7 Å². The molecule has 1 aliphatic heterocycles. The maximum Gasteiger partial charge on any atom is 0.311 e. The third-order valence-corrected chi connectivity index (χ3v) is 3.77. The van der Waals surface area contributed by atoms with Gasteiger partial charge in [-0.1, -0.05) is 30.3 Å². The fraction of sp³-hybridized carbons (Fsp3) is 0.316. The number of carbonyl (C=O) groups is 1. The van der Waals surface area contributed by atoms with Crippen molar-refractivity contribution < 1.29 is 19.0 Å². The van der Waals surface area contributed by atoms with Crippen molar-refractivity contribution in [2.45, 2.75) is 26.4 Å². The van der Waals surface area contributed by atoms with Crippen LogP contribution in [-0.4, -0.2) is 19.2 Å². The number of rotatable bonds is 5. The third kappa shape index (κ3) is 3.16. The maximum absolute atomic E-state index is 12.0. The van der Waals surface area contributed by atoms with E-state index in [0.29, 0.717) is 24.7 Å². The standard InChI is InChI=1S/C19H20O4/c1-3-21-16-10-14-11-18(20)23-19(13-8-6-5-7-9-13)15(14)12-17(16)22-4-2/h5-10,12,19H,3-4,11H2,1-2H3/t19-/m0/s1. The Balaban J connectivity index is 2.09. The summed E-state index contributed by atoms with van der Waals surface area (Å²) < 4.78 is 17.0. The molecule has 3 rings (SSSR count). The molecule has 0 unspecified atom stereocenters. The first-order chi connectivity index (χ1) is 11.2. The number of hydrogen-bond acceptors (Lipinski definition) is 4. The van der Waals surface area contributed by atoms with Gasteiger partial charge in [-0.15, -0.1) is 0 Å². The molecule has 0 amide bonds. The van der Waals surface area contributed by atoms with E-state index in [9.17, 15) is 4.79 Å². The van der Waals surface area contributed by atoms with Crippen LogP contribution in [-0.2, 0) is 16.0 Å². The molecule has 2 aromatic rings. The van der Waals surface area contributed by atoms with Crippen molar-refractivity contribution >= 4 is 5.97 Å². The summed E-state index contributed by atoms with van der Waals surface area (Å²) in [7, 11) is 0. The molecule has 0 radical (unpaired) electrons. The molecule has 0 aromatic heterocycles. The minimum absolute atomic E-state index is 0.224. The van der Waals surface area contributed by atoms with Gasteiger partial charge < -0.3 is 14.2 Å². The molecule has 23 heavy (non-hydrogen) atoms. The molecule has 0 aliphatic carbocycles. The summed E-state index contributed by atoms with van der Waals surface area (Å²) in [6.07, 6.45) is -0.146. The van der Waals surface area contributed by atoms with Gasteiger partial charge in [0.15, 0.2) is 17.6 Å². The molecule has 2 aromatic carbocycles. The monoisotopic (exact) mass is 312 g/mol. The number of cyclic esters (lactones) is 1. The van der Waals surface area contributed by atoms with Crippen LogP contribution in [0.15, 0.2) is 42.5 Å². The first-order valence-corrected chi connectivity index (χ1v) is 7.89. The molecular weight excluding hydrogens is 292 g/mol. The first-order valence-electron chi connectivity index (χ1n) is 7.89. The lowest BCUT2D eigenvalue weighted by atomic mass is 9.92. The molecule has 0 bridgehead atoms. The highest BCUT2D eigenvalue weighted by molar-refractivity contribution is 5.77. The second-order valence-electron chi connectivity index (χ2n) is 5.32. The Bertz CT molecular complexity index is 694. The highest BCUT2D eigenvalue weighted by Gasteiger charge is 2.29. The molecule has 120 valence electrons. The van der Waals surface area contributed by atoms with Crippen molar-refractivity contribution in [1.29, 1.82) is 0 Å². The van der Waals surface area contributed by atoms with Crippen molar-refractivity contribution in [3.05, 3.63) is 59.2 Å². The zero-order chi connectivity index (χ0) is 16.2. The fourth-order valence-electron chi connectivity index (χ4n) is 2.82. The molecule has 4 heteroatoms.